The zero-order chi connectivity index (χ0) is 14.8. The number of hydrogen-bond donors (Lipinski definition) is 2. The van der Waals surface area contributed by atoms with E-state index in [9.17, 15) is 8.42 Å². The molecule has 3 N–H and O–H groups in total. The molecule has 0 aromatic carbocycles. The molecule has 2 rings (SSSR count). The number of nitrogen functional groups attached to an aromatic ring is 1. The first-order valence-corrected chi connectivity index (χ1v) is 8.72. The molecular weight excluding hydrogens is 364 g/mol. The van der Waals surface area contributed by atoms with Gasteiger partial charge in [-0.15, -0.1) is 0 Å². The van der Waals surface area contributed by atoms with Gasteiger partial charge in [-0.2, -0.15) is 15.6 Å². The Kier molecular flexibility index (Phi) is 4.76. The molecule has 0 unspecified atom stereocenters. The smallest absolute Gasteiger partial charge is 0.246 e. The number of thiophene rings is 1. The zero-order valence-electron chi connectivity index (χ0n) is 10.6. The Labute approximate surface area is 129 Å². The molecule has 0 amide bonds. The van der Waals surface area contributed by atoms with Crippen molar-refractivity contribution in [2.75, 3.05) is 12.5 Å². The molecular formula is C11H13BrN4O2S2. The zero-order valence-corrected chi connectivity index (χ0v) is 13.8. The van der Waals surface area contributed by atoms with Gasteiger partial charge in [-0.1, -0.05) is 0 Å². The number of halogens is 1. The third kappa shape index (κ3) is 3.18. The molecule has 0 radical (unpaired) electrons. The standard InChI is InChI=1S/C11H13BrN4O2S2/c1-16(6-8-2-3-19-7-8)20(17,18)10-4-9(12)5-14-11(10)15-13/h2-5,7H,6,13H2,1H3,(H,14,15). The van der Waals surface area contributed by atoms with Crippen molar-refractivity contribution in [2.45, 2.75) is 11.4 Å². The molecule has 0 fully saturated rings. The molecule has 0 aliphatic carbocycles. The number of anilines is 1. The lowest BCUT2D eigenvalue weighted by atomic mass is 10.3. The molecule has 0 aliphatic rings. The maximum atomic E-state index is 12.6. The van der Waals surface area contributed by atoms with E-state index < -0.39 is 10.0 Å². The van der Waals surface area contributed by atoms with E-state index in [0.29, 0.717) is 11.0 Å². The number of aromatic nitrogens is 1. The van der Waals surface area contributed by atoms with E-state index in [4.69, 9.17) is 5.84 Å². The molecule has 20 heavy (non-hydrogen) atoms. The molecule has 108 valence electrons. The number of hydrazine groups is 1. The lowest BCUT2D eigenvalue weighted by Gasteiger charge is -2.18. The second kappa shape index (κ2) is 6.19. The van der Waals surface area contributed by atoms with Crippen LogP contribution in [0.1, 0.15) is 5.56 Å². The predicted molar refractivity (Wildman–Crippen MR) is 82.7 cm³/mol. The molecule has 2 heterocycles. The van der Waals surface area contributed by atoms with E-state index in [0.717, 1.165) is 5.56 Å². The largest absolute Gasteiger partial charge is 0.307 e. The maximum absolute atomic E-state index is 12.6. The molecule has 0 atom stereocenters. The molecule has 0 aliphatic heterocycles. The average molecular weight is 377 g/mol. The summed E-state index contributed by atoms with van der Waals surface area (Å²) in [6.45, 7) is 0.294. The lowest BCUT2D eigenvalue weighted by molar-refractivity contribution is 0.467. The Hall–Kier alpha value is -1.00. The number of pyridine rings is 1. The minimum Gasteiger partial charge on any atom is -0.307 e. The topological polar surface area (TPSA) is 88.3 Å². The molecule has 0 saturated heterocycles. The van der Waals surface area contributed by atoms with Crippen molar-refractivity contribution in [3.05, 3.63) is 39.1 Å². The van der Waals surface area contributed by atoms with Gasteiger partial charge in [0.25, 0.3) is 0 Å². The van der Waals surface area contributed by atoms with E-state index in [2.05, 4.69) is 26.3 Å². The van der Waals surface area contributed by atoms with Gasteiger partial charge in [0, 0.05) is 24.3 Å². The third-order valence-electron chi connectivity index (χ3n) is 2.63. The van der Waals surface area contributed by atoms with Crippen LogP contribution in [-0.2, 0) is 16.6 Å². The van der Waals surface area contributed by atoms with Crippen LogP contribution in [0.5, 0.6) is 0 Å². The molecule has 0 bridgehead atoms. The van der Waals surface area contributed by atoms with E-state index in [1.54, 1.807) is 0 Å². The van der Waals surface area contributed by atoms with Crippen molar-refractivity contribution in [2.24, 2.45) is 5.84 Å². The second-order valence-electron chi connectivity index (χ2n) is 4.04. The number of nitrogens with one attached hydrogen (secondary N) is 1. The van der Waals surface area contributed by atoms with Gasteiger partial charge in [-0.05, 0) is 44.4 Å². The summed E-state index contributed by atoms with van der Waals surface area (Å²) in [4.78, 5) is 3.99. The van der Waals surface area contributed by atoms with Gasteiger partial charge < -0.3 is 5.43 Å². The van der Waals surface area contributed by atoms with E-state index >= 15 is 0 Å². The quantitative estimate of drug-likeness (QED) is 0.615. The first-order chi connectivity index (χ1) is 9.45. The molecule has 9 heteroatoms. The minimum absolute atomic E-state index is 0.0344. The highest BCUT2D eigenvalue weighted by atomic mass is 79.9. The molecule has 2 aromatic heterocycles. The molecule has 6 nitrogen and oxygen atoms in total. The van der Waals surface area contributed by atoms with Crippen molar-refractivity contribution in [1.29, 1.82) is 0 Å². The molecule has 0 spiro atoms. The van der Waals surface area contributed by atoms with Crippen molar-refractivity contribution >= 4 is 43.1 Å². The number of rotatable bonds is 5. The van der Waals surface area contributed by atoms with Crippen LogP contribution in [0.2, 0.25) is 0 Å². The highest BCUT2D eigenvalue weighted by Gasteiger charge is 2.25. The summed E-state index contributed by atoms with van der Waals surface area (Å²) in [6, 6.07) is 3.36. The monoisotopic (exact) mass is 376 g/mol. The van der Waals surface area contributed by atoms with Crippen LogP contribution in [0.4, 0.5) is 5.82 Å². The van der Waals surface area contributed by atoms with E-state index in [1.807, 2.05) is 16.8 Å². The van der Waals surface area contributed by atoms with Crippen LogP contribution in [-0.4, -0.2) is 24.8 Å². The summed E-state index contributed by atoms with van der Waals surface area (Å²) < 4.78 is 27.0. The van der Waals surface area contributed by atoms with Crippen LogP contribution in [0.25, 0.3) is 0 Å². The Morgan fingerprint density at radius 2 is 2.30 bits per heavy atom. The molecule has 0 saturated carbocycles. The van der Waals surface area contributed by atoms with Crippen LogP contribution in [0.3, 0.4) is 0 Å². The normalized spacial score (nSPS) is 11.8. The summed E-state index contributed by atoms with van der Waals surface area (Å²) >= 11 is 4.74. The summed E-state index contributed by atoms with van der Waals surface area (Å²) in [7, 11) is -2.16. The van der Waals surface area contributed by atoms with Gasteiger partial charge in [-0.3, -0.25) is 0 Å². The number of nitrogens with zero attached hydrogens (tertiary/aromatic N) is 2. The van der Waals surface area contributed by atoms with E-state index in [-0.39, 0.29) is 10.7 Å². The van der Waals surface area contributed by atoms with Crippen LogP contribution in [0, 0.1) is 0 Å². The highest BCUT2D eigenvalue weighted by Crippen LogP contribution is 2.25. The fraction of sp³-hybridized carbons (Fsp3) is 0.182. The Morgan fingerprint density at radius 3 is 2.90 bits per heavy atom. The number of nitrogens with two attached hydrogens (primary N) is 1. The summed E-state index contributed by atoms with van der Waals surface area (Å²) in [5.41, 5.74) is 3.24. The first kappa shape index (κ1) is 15.4. The van der Waals surface area contributed by atoms with Gasteiger partial charge in [-0.25, -0.2) is 19.2 Å². The second-order valence-corrected chi connectivity index (χ2v) is 7.75. The van der Waals surface area contributed by atoms with Crippen molar-refractivity contribution in [1.82, 2.24) is 9.29 Å². The Bertz CT molecular complexity index is 688. The summed E-state index contributed by atoms with van der Waals surface area (Å²) in [5, 5.41) is 3.82. The van der Waals surface area contributed by atoms with Gasteiger partial charge in [0.05, 0.1) is 0 Å². The van der Waals surface area contributed by atoms with Crippen molar-refractivity contribution < 1.29 is 8.42 Å². The highest BCUT2D eigenvalue weighted by molar-refractivity contribution is 9.10. The maximum Gasteiger partial charge on any atom is 0.246 e. The van der Waals surface area contributed by atoms with Crippen LogP contribution >= 0.6 is 27.3 Å². The first-order valence-electron chi connectivity index (χ1n) is 5.54. The fourth-order valence-electron chi connectivity index (χ4n) is 1.62. The summed E-state index contributed by atoms with van der Waals surface area (Å²) in [6.07, 6.45) is 1.48. The Balaban J connectivity index is 2.36. The van der Waals surface area contributed by atoms with Gasteiger partial charge in [0.15, 0.2) is 5.82 Å². The third-order valence-corrected chi connectivity index (χ3v) is 5.61. The van der Waals surface area contributed by atoms with Crippen molar-refractivity contribution in [3.8, 4) is 0 Å². The SMILES string of the molecule is CN(Cc1ccsc1)S(=O)(=O)c1cc(Br)cnc1NN. The number of hydrogen-bond acceptors (Lipinski definition) is 6. The van der Waals surface area contributed by atoms with Crippen molar-refractivity contribution in [3.63, 3.8) is 0 Å². The average Bonchev–Trinajstić information content (AvgIpc) is 2.91. The summed E-state index contributed by atoms with van der Waals surface area (Å²) in [5.74, 6) is 5.44. The van der Waals surface area contributed by atoms with Crippen LogP contribution in [0.15, 0.2) is 38.5 Å². The van der Waals surface area contributed by atoms with Crippen LogP contribution < -0.4 is 11.3 Å². The minimum atomic E-state index is -3.68. The molecule has 2 aromatic rings. The predicted octanol–water partition coefficient (Wildman–Crippen LogP) is 2.01. The Morgan fingerprint density at radius 1 is 1.55 bits per heavy atom. The van der Waals surface area contributed by atoms with Gasteiger partial charge >= 0.3 is 0 Å². The van der Waals surface area contributed by atoms with E-state index in [1.165, 1.54) is 35.0 Å². The number of sulfonamides is 1. The fourth-order valence-corrected chi connectivity index (χ4v) is 4.05. The lowest BCUT2D eigenvalue weighted by Crippen LogP contribution is -2.28. The van der Waals surface area contributed by atoms with Gasteiger partial charge in [0.2, 0.25) is 10.0 Å². The van der Waals surface area contributed by atoms with Gasteiger partial charge in [0.1, 0.15) is 4.90 Å².